The van der Waals surface area contributed by atoms with Crippen molar-refractivity contribution in [2.45, 2.75) is 0 Å². The molecule has 0 saturated carbocycles. The Morgan fingerprint density at radius 3 is 2.75 bits per heavy atom. The van der Waals surface area contributed by atoms with Gasteiger partial charge in [-0.2, -0.15) is 0 Å². The van der Waals surface area contributed by atoms with Crippen LogP contribution in [0.2, 0.25) is 0 Å². The van der Waals surface area contributed by atoms with E-state index in [-0.39, 0.29) is 17.9 Å². The summed E-state index contributed by atoms with van der Waals surface area (Å²) in [6.45, 7) is -0.196. The first kappa shape index (κ1) is 11.9. The molecule has 1 rings (SSSR count). The lowest BCUT2D eigenvalue weighted by molar-refractivity contribution is -0.116. The Balaban J connectivity index is 3.12. The summed E-state index contributed by atoms with van der Waals surface area (Å²) >= 11 is 0. The van der Waals surface area contributed by atoms with Gasteiger partial charge in [0.25, 0.3) is 0 Å². The maximum absolute atomic E-state index is 12.8. The van der Waals surface area contributed by atoms with Gasteiger partial charge < -0.3 is 15.7 Å². The van der Waals surface area contributed by atoms with Gasteiger partial charge in [-0.15, -0.1) is 0 Å². The molecule has 1 aromatic rings. The van der Waals surface area contributed by atoms with Crippen LogP contribution in [0.5, 0.6) is 0 Å². The van der Waals surface area contributed by atoms with E-state index in [2.05, 4.69) is 4.98 Å². The lowest BCUT2D eigenvalue weighted by atomic mass is 10.2. The van der Waals surface area contributed by atoms with Crippen molar-refractivity contribution in [1.82, 2.24) is 4.98 Å². The number of carboxylic acids is 1. The predicted molar refractivity (Wildman–Crippen MR) is 53.6 cm³/mol. The monoisotopic (exact) mass is 227 g/mol. The summed E-state index contributed by atoms with van der Waals surface area (Å²) in [5.41, 5.74) is 4.64. The Labute approximate surface area is 90.5 Å². The minimum absolute atomic E-state index is 0.00676. The number of carbonyl (C=O) groups excluding carboxylic acids is 1. The van der Waals surface area contributed by atoms with Gasteiger partial charge in [0.15, 0.2) is 0 Å². The summed E-state index contributed by atoms with van der Waals surface area (Å²) in [6, 6.07) is 0.835. The van der Waals surface area contributed by atoms with Crippen LogP contribution >= 0.6 is 0 Å². The molecular weight excluding hydrogens is 217 g/mol. The maximum atomic E-state index is 12.8. The second-order valence-electron chi connectivity index (χ2n) is 3.15. The smallest absolute Gasteiger partial charge is 0.339 e. The Morgan fingerprint density at radius 2 is 2.25 bits per heavy atom. The Hall–Kier alpha value is -2.18. The number of pyridine rings is 1. The van der Waals surface area contributed by atoms with Crippen molar-refractivity contribution in [3.8, 4) is 0 Å². The zero-order valence-corrected chi connectivity index (χ0v) is 8.48. The summed E-state index contributed by atoms with van der Waals surface area (Å²) < 4.78 is 12.8. The van der Waals surface area contributed by atoms with Crippen LogP contribution in [0.3, 0.4) is 0 Å². The van der Waals surface area contributed by atoms with Crippen molar-refractivity contribution in [3.63, 3.8) is 0 Å². The first-order valence-corrected chi connectivity index (χ1v) is 4.30. The number of rotatable bonds is 4. The Bertz CT molecular complexity index is 436. The largest absolute Gasteiger partial charge is 0.478 e. The SMILES string of the molecule is CN(CC(N)=O)c1ncc(F)cc1C(=O)O. The van der Waals surface area contributed by atoms with Crippen LogP contribution in [-0.4, -0.2) is 35.6 Å². The van der Waals surface area contributed by atoms with Gasteiger partial charge in [-0.25, -0.2) is 14.2 Å². The summed E-state index contributed by atoms with van der Waals surface area (Å²) in [7, 11) is 1.44. The molecular formula is C9H10FN3O3. The summed E-state index contributed by atoms with van der Waals surface area (Å²) in [5, 5.41) is 8.82. The summed E-state index contributed by atoms with van der Waals surface area (Å²) in [5.74, 6) is -2.72. The van der Waals surface area contributed by atoms with E-state index in [0.29, 0.717) is 0 Å². The minimum Gasteiger partial charge on any atom is -0.478 e. The molecule has 3 N–H and O–H groups in total. The molecule has 1 aromatic heterocycles. The van der Waals surface area contributed by atoms with Crippen molar-refractivity contribution in [1.29, 1.82) is 0 Å². The van der Waals surface area contributed by atoms with E-state index in [1.54, 1.807) is 0 Å². The van der Waals surface area contributed by atoms with Crippen molar-refractivity contribution in [2.75, 3.05) is 18.5 Å². The molecule has 16 heavy (non-hydrogen) atoms. The number of carbonyl (C=O) groups is 2. The third kappa shape index (κ3) is 2.66. The number of carboxylic acid groups (broad SMARTS) is 1. The molecule has 0 fully saturated rings. The second-order valence-corrected chi connectivity index (χ2v) is 3.15. The molecule has 6 nitrogen and oxygen atoms in total. The molecule has 0 unspecified atom stereocenters. The molecule has 0 bridgehead atoms. The van der Waals surface area contributed by atoms with Gasteiger partial charge in [-0.1, -0.05) is 0 Å². The fraction of sp³-hybridized carbons (Fsp3) is 0.222. The van der Waals surface area contributed by atoms with Gasteiger partial charge in [0.1, 0.15) is 17.2 Å². The van der Waals surface area contributed by atoms with E-state index in [9.17, 15) is 14.0 Å². The quantitative estimate of drug-likeness (QED) is 0.745. The molecule has 0 saturated heterocycles. The van der Waals surface area contributed by atoms with Gasteiger partial charge in [-0.3, -0.25) is 4.79 Å². The second kappa shape index (κ2) is 4.56. The summed E-state index contributed by atoms with van der Waals surface area (Å²) in [4.78, 5) is 26.3. The number of hydrogen-bond acceptors (Lipinski definition) is 4. The summed E-state index contributed by atoms with van der Waals surface area (Å²) in [6.07, 6.45) is 0.874. The van der Waals surface area contributed by atoms with Crippen LogP contribution in [0.1, 0.15) is 10.4 Å². The highest BCUT2D eigenvalue weighted by Crippen LogP contribution is 2.16. The van der Waals surface area contributed by atoms with Crippen LogP contribution in [-0.2, 0) is 4.79 Å². The minimum atomic E-state index is -1.32. The highest BCUT2D eigenvalue weighted by atomic mass is 19.1. The number of primary amides is 1. The maximum Gasteiger partial charge on any atom is 0.339 e. The van der Waals surface area contributed by atoms with E-state index in [1.165, 1.54) is 11.9 Å². The van der Waals surface area contributed by atoms with Gasteiger partial charge in [0.2, 0.25) is 5.91 Å². The number of anilines is 1. The van der Waals surface area contributed by atoms with Crippen LogP contribution in [0, 0.1) is 5.82 Å². The molecule has 1 heterocycles. The van der Waals surface area contributed by atoms with Crippen LogP contribution < -0.4 is 10.6 Å². The number of likely N-dealkylation sites (N-methyl/N-ethyl adjacent to an activating group) is 1. The number of aromatic carboxylic acids is 1. The number of nitrogens with two attached hydrogens (primary N) is 1. The van der Waals surface area contributed by atoms with Crippen molar-refractivity contribution < 1.29 is 19.1 Å². The molecule has 0 radical (unpaired) electrons. The average molecular weight is 227 g/mol. The lowest BCUT2D eigenvalue weighted by Gasteiger charge is -2.17. The topological polar surface area (TPSA) is 96.5 Å². The molecule has 0 atom stereocenters. The van der Waals surface area contributed by atoms with Crippen LogP contribution in [0.15, 0.2) is 12.3 Å². The van der Waals surface area contributed by atoms with Crippen LogP contribution in [0.25, 0.3) is 0 Å². The standard InChI is InChI=1S/C9H10FN3O3/c1-13(4-7(11)14)8-6(9(15)16)2-5(10)3-12-8/h2-3H,4H2,1H3,(H2,11,14)(H,15,16). The lowest BCUT2D eigenvalue weighted by Crippen LogP contribution is -2.32. The van der Waals surface area contributed by atoms with Gasteiger partial charge in [0, 0.05) is 7.05 Å². The van der Waals surface area contributed by atoms with E-state index >= 15 is 0 Å². The van der Waals surface area contributed by atoms with E-state index in [4.69, 9.17) is 10.8 Å². The predicted octanol–water partition coefficient (Wildman–Crippen LogP) is -0.160. The Morgan fingerprint density at radius 1 is 1.62 bits per heavy atom. The zero-order valence-electron chi connectivity index (χ0n) is 8.48. The molecule has 0 spiro atoms. The number of halogens is 1. The third-order valence-corrected chi connectivity index (χ3v) is 1.82. The Kier molecular flexibility index (Phi) is 3.39. The fourth-order valence-electron chi connectivity index (χ4n) is 1.20. The van der Waals surface area contributed by atoms with Crippen molar-refractivity contribution in [3.05, 3.63) is 23.6 Å². The van der Waals surface area contributed by atoms with Gasteiger partial charge >= 0.3 is 5.97 Å². The van der Waals surface area contributed by atoms with Crippen molar-refractivity contribution in [2.24, 2.45) is 5.73 Å². The third-order valence-electron chi connectivity index (χ3n) is 1.82. The van der Waals surface area contributed by atoms with E-state index in [1.807, 2.05) is 0 Å². The fourth-order valence-corrected chi connectivity index (χ4v) is 1.20. The van der Waals surface area contributed by atoms with Gasteiger partial charge in [-0.05, 0) is 6.07 Å². The molecule has 1 amide bonds. The van der Waals surface area contributed by atoms with Crippen LogP contribution in [0.4, 0.5) is 10.2 Å². The molecule has 0 aliphatic carbocycles. The first-order valence-electron chi connectivity index (χ1n) is 4.30. The number of nitrogens with zero attached hydrogens (tertiary/aromatic N) is 2. The molecule has 86 valence electrons. The highest BCUT2D eigenvalue weighted by molar-refractivity contribution is 5.94. The highest BCUT2D eigenvalue weighted by Gasteiger charge is 2.17. The molecule has 7 heteroatoms. The normalized spacial score (nSPS) is 9.88. The number of amides is 1. The average Bonchev–Trinajstić information content (AvgIpc) is 2.16. The van der Waals surface area contributed by atoms with Crippen molar-refractivity contribution >= 4 is 17.7 Å². The molecule has 0 aliphatic heterocycles. The first-order chi connectivity index (χ1) is 7.41. The number of hydrogen-bond donors (Lipinski definition) is 2. The van der Waals surface area contributed by atoms with E-state index in [0.717, 1.165) is 12.3 Å². The van der Waals surface area contributed by atoms with Gasteiger partial charge in [0.05, 0.1) is 12.7 Å². The zero-order chi connectivity index (χ0) is 12.3. The molecule has 0 aromatic carbocycles. The van der Waals surface area contributed by atoms with E-state index < -0.39 is 17.7 Å². The molecule has 0 aliphatic rings. The number of aromatic nitrogens is 1.